The number of carboxylic acid groups (broad SMARTS) is 1. The second-order valence-corrected chi connectivity index (χ2v) is 8.84. The van der Waals surface area contributed by atoms with Crippen LogP contribution in [0.5, 0.6) is 0 Å². The Hall–Kier alpha value is -4.61. The number of likely N-dealkylation sites (tertiary alicyclic amines) is 1. The number of methoxy groups -OCH3 is 1. The number of aromatic nitrogens is 3. The summed E-state index contributed by atoms with van der Waals surface area (Å²) in [4.78, 5) is 41.8. The van der Waals surface area contributed by atoms with Crippen LogP contribution in [0.3, 0.4) is 0 Å². The molecule has 2 aromatic carbocycles. The molecule has 5 rings (SSSR count). The molecule has 1 amide bonds. The normalized spacial score (nSPS) is 15.7. The van der Waals surface area contributed by atoms with Gasteiger partial charge in [0.15, 0.2) is 5.65 Å². The Morgan fingerprint density at radius 3 is 2.24 bits per heavy atom. The first-order valence-electron chi connectivity index (χ1n) is 11.6. The smallest absolute Gasteiger partial charge is 0.417 e. The second-order valence-electron chi connectivity index (χ2n) is 8.84. The average molecular weight is 526 g/mol. The lowest BCUT2D eigenvalue weighted by molar-refractivity contribution is -0.137. The fourth-order valence-electron chi connectivity index (χ4n) is 4.68. The number of hydrogen-bond donors (Lipinski definition) is 1. The molecular weight excluding hydrogens is 505 g/mol. The number of alkyl halides is 3. The van der Waals surface area contributed by atoms with E-state index in [9.17, 15) is 32.7 Å². The topological polar surface area (TPSA) is 107 Å². The summed E-state index contributed by atoms with van der Waals surface area (Å²) in [5.41, 5.74) is 0.632. The van der Waals surface area contributed by atoms with Crippen LogP contribution in [0.4, 0.5) is 18.0 Å². The molecular formula is C26H21F3N4O5. The van der Waals surface area contributed by atoms with Crippen LogP contribution in [0.15, 0.2) is 65.6 Å². The maximum Gasteiger partial charge on any atom is 0.417 e. The van der Waals surface area contributed by atoms with Crippen LogP contribution in [0.25, 0.3) is 28.0 Å². The summed E-state index contributed by atoms with van der Waals surface area (Å²) < 4.78 is 47.6. The quantitative estimate of drug-likeness (QED) is 0.390. The predicted molar refractivity (Wildman–Crippen MR) is 130 cm³/mol. The number of halogens is 3. The van der Waals surface area contributed by atoms with Gasteiger partial charge >= 0.3 is 23.9 Å². The van der Waals surface area contributed by atoms with Gasteiger partial charge in [-0.15, -0.1) is 0 Å². The molecule has 3 heterocycles. The van der Waals surface area contributed by atoms with E-state index in [1.165, 1.54) is 11.7 Å². The number of amides is 1. The van der Waals surface area contributed by atoms with Gasteiger partial charge in [0.2, 0.25) is 0 Å². The van der Waals surface area contributed by atoms with E-state index in [1.54, 1.807) is 48.5 Å². The zero-order chi connectivity index (χ0) is 27.2. The second kappa shape index (κ2) is 9.36. The van der Waals surface area contributed by atoms with Crippen LogP contribution in [0, 0.1) is 0 Å². The third-order valence-corrected chi connectivity index (χ3v) is 6.60. The highest BCUT2D eigenvalue weighted by atomic mass is 19.4. The van der Waals surface area contributed by atoms with Crippen molar-refractivity contribution in [3.05, 3.63) is 82.4 Å². The summed E-state index contributed by atoms with van der Waals surface area (Å²) >= 11 is 0. The van der Waals surface area contributed by atoms with Crippen molar-refractivity contribution < 1.29 is 32.6 Å². The number of esters is 1. The number of benzene rings is 2. The molecule has 196 valence electrons. The van der Waals surface area contributed by atoms with Gasteiger partial charge in [-0.05, 0) is 47.9 Å². The zero-order valence-corrected chi connectivity index (χ0v) is 20.0. The summed E-state index contributed by atoms with van der Waals surface area (Å²) in [6.07, 6.45) is -4.80. The van der Waals surface area contributed by atoms with Crippen LogP contribution in [-0.2, 0) is 10.9 Å². The molecule has 0 bridgehead atoms. The molecule has 1 aliphatic heterocycles. The molecule has 2 aromatic heterocycles. The molecule has 1 aliphatic rings. The minimum absolute atomic E-state index is 0.0254. The van der Waals surface area contributed by atoms with Gasteiger partial charge in [-0.25, -0.2) is 19.4 Å². The number of pyridine rings is 1. The van der Waals surface area contributed by atoms with Gasteiger partial charge in [0.05, 0.1) is 35.5 Å². The molecule has 0 unspecified atom stereocenters. The van der Waals surface area contributed by atoms with E-state index in [4.69, 9.17) is 4.74 Å². The molecule has 1 saturated heterocycles. The largest absolute Gasteiger partial charge is 0.465 e. The van der Waals surface area contributed by atoms with Crippen LogP contribution in [-0.4, -0.2) is 56.4 Å². The van der Waals surface area contributed by atoms with Gasteiger partial charge < -0.3 is 14.7 Å². The van der Waals surface area contributed by atoms with E-state index < -0.39 is 35.5 Å². The van der Waals surface area contributed by atoms with Crippen LogP contribution in [0.2, 0.25) is 0 Å². The number of nitrogens with zero attached hydrogens (tertiary/aromatic N) is 4. The van der Waals surface area contributed by atoms with Crippen molar-refractivity contribution >= 4 is 23.2 Å². The number of carbonyl (C=O) groups is 2. The van der Waals surface area contributed by atoms with Crippen molar-refractivity contribution in [2.75, 3.05) is 20.2 Å². The summed E-state index contributed by atoms with van der Waals surface area (Å²) in [6.45, 7) is 0.223. The standard InChI is InChI=1S/C26H21F3N4O5/c1-38-23(34)17-4-2-15(3-5-17)16-6-8-19(9-7-16)32-21-12-18(26(27,28)29)13-30-22(21)33(24(32)35)20-10-11-31(14-20)25(36)37/h2-9,12-13,20H,10-11,14H2,1H3,(H,36,37)/t20-/m0/s1. The van der Waals surface area contributed by atoms with E-state index >= 15 is 0 Å². The number of ether oxygens (including phenoxy) is 1. The van der Waals surface area contributed by atoms with Crippen LogP contribution in [0.1, 0.15) is 28.4 Å². The van der Waals surface area contributed by atoms with E-state index in [0.717, 1.165) is 26.7 Å². The summed E-state index contributed by atoms with van der Waals surface area (Å²) in [5, 5.41) is 9.31. The molecule has 1 fully saturated rings. The van der Waals surface area contributed by atoms with E-state index in [0.29, 0.717) is 23.9 Å². The summed E-state index contributed by atoms with van der Waals surface area (Å²) in [6, 6.07) is 13.6. The van der Waals surface area contributed by atoms with Gasteiger partial charge in [0, 0.05) is 19.3 Å². The Kier molecular flexibility index (Phi) is 6.17. The van der Waals surface area contributed by atoms with Gasteiger partial charge in [-0.2, -0.15) is 13.2 Å². The predicted octanol–water partition coefficient (Wildman–Crippen LogP) is 4.58. The Bertz CT molecular complexity index is 1590. The molecule has 0 saturated carbocycles. The maximum atomic E-state index is 13.6. The zero-order valence-electron chi connectivity index (χ0n) is 20.0. The van der Waals surface area contributed by atoms with E-state index in [1.807, 2.05) is 0 Å². The van der Waals surface area contributed by atoms with Gasteiger partial charge in [0.25, 0.3) is 0 Å². The first-order valence-corrected chi connectivity index (χ1v) is 11.6. The van der Waals surface area contributed by atoms with Crippen LogP contribution >= 0.6 is 0 Å². The first-order chi connectivity index (χ1) is 18.1. The SMILES string of the molecule is COC(=O)c1ccc(-c2ccc(-n3c(=O)n([C@H]4CCN(C(=O)O)C4)c4ncc(C(F)(F)F)cc43)cc2)cc1. The molecule has 0 radical (unpaired) electrons. The minimum atomic E-state index is -4.67. The number of hydrogen-bond acceptors (Lipinski definition) is 5. The van der Waals surface area contributed by atoms with Gasteiger partial charge in [-0.3, -0.25) is 9.13 Å². The minimum Gasteiger partial charge on any atom is -0.465 e. The molecule has 1 N–H and O–H groups in total. The van der Waals surface area contributed by atoms with Crippen molar-refractivity contribution in [2.45, 2.75) is 18.6 Å². The molecule has 0 aliphatic carbocycles. The van der Waals surface area contributed by atoms with E-state index in [2.05, 4.69) is 4.98 Å². The highest BCUT2D eigenvalue weighted by Crippen LogP contribution is 2.33. The maximum absolute atomic E-state index is 13.6. The number of imidazole rings is 1. The molecule has 9 nitrogen and oxygen atoms in total. The lowest BCUT2D eigenvalue weighted by Crippen LogP contribution is -2.31. The first kappa shape index (κ1) is 25.1. The Morgan fingerprint density at radius 1 is 1.05 bits per heavy atom. The summed E-state index contributed by atoms with van der Waals surface area (Å²) in [5.74, 6) is -0.469. The third-order valence-electron chi connectivity index (χ3n) is 6.60. The highest BCUT2D eigenvalue weighted by Gasteiger charge is 2.34. The fraction of sp³-hybridized carbons (Fsp3) is 0.231. The van der Waals surface area contributed by atoms with Crippen LogP contribution < -0.4 is 5.69 Å². The van der Waals surface area contributed by atoms with Crippen molar-refractivity contribution in [3.8, 4) is 16.8 Å². The average Bonchev–Trinajstić information content (AvgIpc) is 3.50. The number of rotatable bonds is 4. The van der Waals surface area contributed by atoms with Gasteiger partial charge in [0.1, 0.15) is 0 Å². The Balaban J connectivity index is 1.59. The number of fused-ring (bicyclic) bond motifs is 1. The third kappa shape index (κ3) is 4.38. The lowest BCUT2D eigenvalue weighted by atomic mass is 10.0. The Labute approximate surface area is 213 Å². The molecule has 1 atom stereocenters. The number of carbonyl (C=O) groups excluding carboxylic acids is 1. The van der Waals surface area contributed by atoms with Crippen molar-refractivity contribution in [3.63, 3.8) is 0 Å². The van der Waals surface area contributed by atoms with Crippen molar-refractivity contribution in [2.24, 2.45) is 0 Å². The Morgan fingerprint density at radius 2 is 1.68 bits per heavy atom. The van der Waals surface area contributed by atoms with Crippen molar-refractivity contribution in [1.82, 2.24) is 19.0 Å². The highest BCUT2D eigenvalue weighted by molar-refractivity contribution is 5.90. The summed E-state index contributed by atoms with van der Waals surface area (Å²) in [7, 11) is 1.29. The fourth-order valence-corrected chi connectivity index (χ4v) is 4.68. The van der Waals surface area contributed by atoms with E-state index in [-0.39, 0.29) is 24.3 Å². The molecule has 12 heteroatoms. The monoisotopic (exact) mass is 526 g/mol. The molecule has 38 heavy (non-hydrogen) atoms. The van der Waals surface area contributed by atoms with Gasteiger partial charge in [-0.1, -0.05) is 24.3 Å². The molecule has 0 spiro atoms. The lowest BCUT2D eigenvalue weighted by Gasteiger charge is -2.13. The molecule has 4 aromatic rings. The van der Waals surface area contributed by atoms with Crippen molar-refractivity contribution in [1.29, 1.82) is 0 Å².